The Morgan fingerprint density at radius 2 is 1.55 bits per heavy atom. The first kappa shape index (κ1) is 12.5. The van der Waals surface area contributed by atoms with Gasteiger partial charge in [0, 0.05) is 29.2 Å². The van der Waals surface area contributed by atoms with Crippen molar-refractivity contribution in [3.05, 3.63) is 60.9 Å². The van der Waals surface area contributed by atoms with E-state index in [1.54, 1.807) is 16.9 Å². The third-order valence-electron chi connectivity index (χ3n) is 3.41. The zero-order valence-corrected chi connectivity index (χ0v) is 11.6. The van der Waals surface area contributed by atoms with Gasteiger partial charge in [-0.05, 0) is 36.4 Å². The molecule has 0 amide bonds. The van der Waals surface area contributed by atoms with Gasteiger partial charge in [-0.3, -0.25) is 4.98 Å². The Labute approximate surface area is 126 Å². The van der Waals surface area contributed by atoms with Gasteiger partial charge in [0.05, 0.1) is 5.69 Å². The number of fused-ring (bicyclic) bond motifs is 1. The molecule has 106 valence electrons. The third kappa shape index (κ3) is 2.07. The van der Waals surface area contributed by atoms with E-state index in [2.05, 4.69) is 20.3 Å². The highest BCUT2D eigenvalue weighted by molar-refractivity contribution is 5.64. The second kappa shape index (κ2) is 4.92. The van der Waals surface area contributed by atoms with Crippen molar-refractivity contribution in [3.63, 3.8) is 0 Å². The molecule has 6 nitrogen and oxygen atoms in total. The lowest BCUT2D eigenvalue weighted by atomic mass is 10.1. The Balaban J connectivity index is 1.88. The molecule has 0 atom stereocenters. The van der Waals surface area contributed by atoms with Crippen LogP contribution in [-0.4, -0.2) is 24.8 Å². The number of hydrogen-bond donors (Lipinski definition) is 1. The minimum absolute atomic E-state index is 0.690. The monoisotopic (exact) mass is 288 g/mol. The standard InChI is InChI=1S/C16H12N6/c17-13-3-1-11(2-4-13)14-5-6-15-19-20-16(22(15)21-14)12-7-9-18-10-8-12/h1-10H,17H2. The first-order valence-corrected chi connectivity index (χ1v) is 6.80. The fourth-order valence-electron chi connectivity index (χ4n) is 2.28. The summed E-state index contributed by atoms with van der Waals surface area (Å²) in [5.74, 6) is 0.690. The molecule has 2 N–H and O–H groups in total. The highest BCUT2D eigenvalue weighted by Gasteiger charge is 2.10. The Bertz CT molecular complexity index is 928. The smallest absolute Gasteiger partial charge is 0.185 e. The molecule has 0 fully saturated rings. The van der Waals surface area contributed by atoms with Crippen molar-refractivity contribution < 1.29 is 0 Å². The average Bonchev–Trinajstić information content (AvgIpc) is 2.99. The molecular formula is C16H12N6. The number of nitrogens with two attached hydrogens (primary N) is 1. The number of rotatable bonds is 2. The maximum Gasteiger partial charge on any atom is 0.185 e. The highest BCUT2D eigenvalue weighted by Crippen LogP contribution is 2.21. The van der Waals surface area contributed by atoms with E-state index >= 15 is 0 Å². The molecule has 0 radical (unpaired) electrons. The van der Waals surface area contributed by atoms with Crippen molar-refractivity contribution >= 4 is 11.3 Å². The van der Waals surface area contributed by atoms with Gasteiger partial charge in [0.2, 0.25) is 0 Å². The molecule has 22 heavy (non-hydrogen) atoms. The summed E-state index contributed by atoms with van der Waals surface area (Å²) in [5, 5.41) is 13.0. The van der Waals surface area contributed by atoms with Gasteiger partial charge in [-0.2, -0.15) is 9.61 Å². The molecule has 4 aromatic rings. The van der Waals surface area contributed by atoms with Crippen LogP contribution in [0.15, 0.2) is 60.9 Å². The lowest BCUT2D eigenvalue weighted by molar-refractivity contribution is 0.941. The fourth-order valence-corrected chi connectivity index (χ4v) is 2.28. The van der Waals surface area contributed by atoms with Crippen molar-refractivity contribution in [2.24, 2.45) is 0 Å². The maximum absolute atomic E-state index is 5.73. The predicted molar refractivity (Wildman–Crippen MR) is 83.9 cm³/mol. The molecule has 0 unspecified atom stereocenters. The number of hydrogen-bond acceptors (Lipinski definition) is 5. The zero-order chi connectivity index (χ0) is 14.9. The number of benzene rings is 1. The normalized spacial score (nSPS) is 10.9. The van der Waals surface area contributed by atoms with E-state index in [0.717, 1.165) is 22.5 Å². The molecule has 0 aliphatic heterocycles. The van der Waals surface area contributed by atoms with Crippen LogP contribution >= 0.6 is 0 Å². The van der Waals surface area contributed by atoms with Crippen LogP contribution in [0, 0.1) is 0 Å². The van der Waals surface area contributed by atoms with Crippen LogP contribution in [0.3, 0.4) is 0 Å². The van der Waals surface area contributed by atoms with Crippen molar-refractivity contribution in [1.29, 1.82) is 0 Å². The zero-order valence-electron chi connectivity index (χ0n) is 11.6. The van der Waals surface area contributed by atoms with Crippen molar-refractivity contribution in [2.75, 3.05) is 5.73 Å². The molecule has 0 aliphatic carbocycles. The molecule has 0 saturated heterocycles. The minimum atomic E-state index is 0.690. The van der Waals surface area contributed by atoms with Crippen LogP contribution in [0.25, 0.3) is 28.3 Å². The Kier molecular flexibility index (Phi) is 2.79. The number of aromatic nitrogens is 5. The van der Waals surface area contributed by atoms with E-state index in [1.807, 2.05) is 48.5 Å². The van der Waals surface area contributed by atoms with Crippen LogP contribution < -0.4 is 5.73 Å². The van der Waals surface area contributed by atoms with Gasteiger partial charge < -0.3 is 5.73 Å². The van der Waals surface area contributed by atoms with E-state index in [1.165, 1.54) is 0 Å². The number of anilines is 1. The predicted octanol–water partition coefficient (Wildman–Crippen LogP) is 2.44. The molecule has 1 aromatic carbocycles. The number of nitrogen functional groups attached to an aromatic ring is 1. The average molecular weight is 288 g/mol. The lowest BCUT2D eigenvalue weighted by Gasteiger charge is -2.03. The molecule has 3 heterocycles. The molecule has 6 heteroatoms. The second-order valence-electron chi connectivity index (χ2n) is 4.87. The molecule has 0 bridgehead atoms. The summed E-state index contributed by atoms with van der Waals surface area (Å²) < 4.78 is 1.74. The van der Waals surface area contributed by atoms with E-state index in [0.29, 0.717) is 11.5 Å². The summed E-state index contributed by atoms with van der Waals surface area (Å²) in [7, 11) is 0. The molecule has 0 spiro atoms. The quantitative estimate of drug-likeness (QED) is 0.573. The molecule has 0 aliphatic rings. The van der Waals surface area contributed by atoms with E-state index in [4.69, 9.17) is 5.73 Å². The Morgan fingerprint density at radius 1 is 0.773 bits per heavy atom. The van der Waals surface area contributed by atoms with Gasteiger partial charge in [0.15, 0.2) is 11.5 Å². The molecule has 0 saturated carbocycles. The summed E-state index contributed by atoms with van der Waals surface area (Å²) in [5.41, 5.74) is 9.90. The van der Waals surface area contributed by atoms with E-state index < -0.39 is 0 Å². The van der Waals surface area contributed by atoms with Gasteiger partial charge in [0.25, 0.3) is 0 Å². The fraction of sp³-hybridized carbons (Fsp3) is 0. The highest BCUT2D eigenvalue weighted by atomic mass is 15.4. The minimum Gasteiger partial charge on any atom is -0.399 e. The summed E-state index contributed by atoms with van der Waals surface area (Å²) in [6.07, 6.45) is 3.44. The van der Waals surface area contributed by atoms with E-state index in [-0.39, 0.29) is 0 Å². The molecule has 3 aromatic heterocycles. The second-order valence-corrected chi connectivity index (χ2v) is 4.87. The molecule has 4 rings (SSSR count). The first-order chi connectivity index (χ1) is 10.8. The topological polar surface area (TPSA) is 82.0 Å². The SMILES string of the molecule is Nc1ccc(-c2ccc3nnc(-c4ccncc4)n3n2)cc1. The van der Waals surface area contributed by atoms with Gasteiger partial charge in [-0.1, -0.05) is 12.1 Å². The summed E-state index contributed by atoms with van der Waals surface area (Å²) in [6.45, 7) is 0. The lowest BCUT2D eigenvalue weighted by Crippen LogP contribution is -1.97. The third-order valence-corrected chi connectivity index (χ3v) is 3.41. The molecular weight excluding hydrogens is 276 g/mol. The van der Waals surface area contributed by atoms with Gasteiger partial charge in [0.1, 0.15) is 0 Å². The first-order valence-electron chi connectivity index (χ1n) is 6.80. The summed E-state index contributed by atoms with van der Waals surface area (Å²) in [4.78, 5) is 4.02. The van der Waals surface area contributed by atoms with Crippen molar-refractivity contribution in [1.82, 2.24) is 24.8 Å². The Hall–Kier alpha value is -3.28. The van der Waals surface area contributed by atoms with Crippen LogP contribution in [0.1, 0.15) is 0 Å². The van der Waals surface area contributed by atoms with Gasteiger partial charge >= 0.3 is 0 Å². The summed E-state index contributed by atoms with van der Waals surface area (Å²) in [6, 6.07) is 15.2. The maximum atomic E-state index is 5.73. The van der Waals surface area contributed by atoms with Crippen LogP contribution in [0.2, 0.25) is 0 Å². The van der Waals surface area contributed by atoms with E-state index in [9.17, 15) is 0 Å². The largest absolute Gasteiger partial charge is 0.399 e. The van der Waals surface area contributed by atoms with Crippen LogP contribution in [-0.2, 0) is 0 Å². The summed E-state index contributed by atoms with van der Waals surface area (Å²) >= 11 is 0. The number of nitrogens with zero attached hydrogens (tertiary/aromatic N) is 5. The van der Waals surface area contributed by atoms with Crippen molar-refractivity contribution in [2.45, 2.75) is 0 Å². The van der Waals surface area contributed by atoms with Crippen LogP contribution in [0.4, 0.5) is 5.69 Å². The number of pyridine rings is 1. The van der Waals surface area contributed by atoms with Gasteiger partial charge in [-0.25, -0.2) is 0 Å². The van der Waals surface area contributed by atoms with Gasteiger partial charge in [-0.15, -0.1) is 10.2 Å². The van der Waals surface area contributed by atoms with Crippen molar-refractivity contribution in [3.8, 4) is 22.6 Å². The Morgan fingerprint density at radius 3 is 2.32 bits per heavy atom. The van der Waals surface area contributed by atoms with Crippen LogP contribution in [0.5, 0.6) is 0 Å².